The van der Waals surface area contributed by atoms with Gasteiger partial charge in [0.1, 0.15) is 35.9 Å². The van der Waals surface area contributed by atoms with Gasteiger partial charge >= 0.3 is 5.69 Å². The maximum Gasteiger partial charge on any atom is 0.354 e. The van der Waals surface area contributed by atoms with Gasteiger partial charge in [-0.3, -0.25) is 4.57 Å². The zero-order chi connectivity index (χ0) is 26.5. The van der Waals surface area contributed by atoms with E-state index in [9.17, 15) is 25.2 Å². The molecule has 37 heavy (non-hydrogen) atoms. The van der Waals surface area contributed by atoms with Crippen LogP contribution in [0.4, 0.5) is 5.95 Å². The molecule has 0 saturated carbocycles. The van der Waals surface area contributed by atoms with E-state index in [1.807, 2.05) is 36.4 Å². The minimum Gasteiger partial charge on any atom is -0.508 e. The number of nitrogens with zero attached hydrogens (tertiary/aromatic N) is 3. The molecule has 1 aliphatic rings. The van der Waals surface area contributed by atoms with Crippen LogP contribution in [0.3, 0.4) is 0 Å². The van der Waals surface area contributed by atoms with Crippen molar-refractivity contribution in [2.75, 3.05) is 12.3 Å². The summed E-state index contributed by atoms with van der Waals surface area (Å²) in [4.78, 5) is 18.5. The van der Waals surface area contributed by atoms with Crippen molar-refractivity contribution in [3.63, 3.8) is 0 Å². The maximum atomic E-state index is 11.4. The zero-order valence-electron chi connectivity index (χ0n) is 19.5. The maximum absolute atomic E-state index is 11.4. The molecule has 11 nitrogen and oxygen atoms in total. The second-order valence-electron chi connectivity index (χ2n) is 8.38. The highest BCUT2D eigenvalue weighted by molar-refractivity contribution is 5.72. The Morgan fingerprint density at radius 1 is 0.865 bits per heavy atom. The summed E-state index contributed by atoms with van der Waals surface area (Å²) in [5, 5.41) is 46.8. The van der Waals surface area contributed by atoms with Crippen LogP contribution in [-0.4, -0.2) is 58.9 Å². The lowest BCUT2D eigenvalue weighted by atomic mass is 10.00. The molecule has 5 rings (SSSR count). The van der Waals surface area contributed by atoms with E-state index in [4.69, 9.17) is 15.6 Å². The Labute approximate surface area is 211 Å². The number of anilines is 1. The SMILES string of the molecule is Nc1ncn([C@H]2C[C@H](O)[C@@H](CO)O2)c(=O)n1.Oc1ccc(-c2ccc(-c3cc(O)cc(O)c3)cc2)cc1. The van der Waals surface area contributed by atoms with Gasteiger partial charge in [-0.25, -0.2) is 9.78 Å². The molecular formula is C26H26N4O7. The number of ether oxygens (including phenoxy) is 1. The molecule has 1 aromatic heterocycles. The van der Waals surface area contributed by atoms with Crippen molar-refractivity contribution in [2.24, 2.45) is 0 Å². The average molecular weight is 507 g/mol. The van der Waals surface area contributed by atoms with Crippen molar-refractivity contribution >= 4 is 5.95 Å². The van der Waals surface area contributed by atoms with Gasteiger partial charge in [0.25, 0.3) is 0 Å². The average Bonchev–Trinajstić information content (AvgIpc) is 3.24. The van der Waals surface area contributed by atoms with Gasteiger partial charge in [-0.1, -0.05) is 36.4 Å². The number of aromatic hydroxyl groups is 3. The molecule has 3 aromatic carbocycles. The molecule has 0 bridgehead atoms. The fourth-order valence-corrected chi connectivity index (χ4v) is 3.87. The molecule has 0 spiro atoms. The van der Waals surface area contributed by atoms with Gasteiger partial charge in [0.2, 0.25) is 5.95 Å². The highest BCUT2D eigenvalue weighted by atomic mass is 16.5. The summed E-state index contributed by atoms with van der Waals surface area (Å²) in [6.07, 6.45) is -0.741. The van der Waals surface area contributed by atoms with Crippen molar-refractivity contribution in [3.8, 4) is 39.5 Å². The summed E-state index contributed by atoms with van der Waals surface area (Å²) in [5.74, 6) is 0.198. The third-order valence-electron chi connectivity index (χ3n) is 5.76. The van der Waals surface area contributed by atoms with E-state index in [0.717, 1.165) is 26.8 Å². The molecule has 0 aliphatic carbocycles. The Balaban J connectivity index is 0.000000180. The van der Waals surface area contributed by atoms with Crippen LogP contribution in [0.5, 0.6) is 17.2 Å². The second kappa shape index (κ2) is 11.1. The van der Waals surface area contributed by atoms with E-state index in [1.54, 1.807) is 24.3 Å². The Morgan fingerprint density at radius 2 is 1.41 bits per heavy atom. The minimum absolute atomic E-state index is 0.0348. The third kappa shape index (κ3) is 6.22. The smallest absolute Gasteiger partial charge is 0.354 e. The fraction of sp³-hybridized carbons (Fsp3) is 0.192. The molecule has 0 unspecified atom stereocenters. The van der Waals surface area contributed by atoms with Crippen molar-refractivity contribution in [1.29, 1.82) is 0 Å². The summed E-state index contributed by atoms with van der Waals surface area (Å²) in [6, 6.07) is 19.3. The van der Waals surface area contributed by atoms with Gasteiger partial charge < -0.3 is 36.0 Å². The minimum atomic E-state index is -0.806. The van der Waals surface area contributed by atoms with Crippen molar-refractivity contribution in [1.82, 2.24) is 14.5 Å². The predicted molar refractivity (Wildman–Crippen MR) is 135 cm³/mol. The first kappa shape index (κ1) is 25.6. The van der Waals surface area contributed by atoms with Crippen LogP contribution in [-0.2, 0) is 4.74 Å². The van der Waals surface area contributed by atoms with Crippen molar-refractivity contribution in [3.05, 3.63) is 83.5 Å². The Bertz CT molecular complexity index is 1390. The highest BCUT2D eigenvalue weighted by Crippen LogP contribution is 2.31. The molecule has 0 amide bonds. The number of nitrogen functional groups attached to an aromatic ring is 1. The summed E-state index contributed by atoms with van der Waals surface area (Å²) in [5.41, 5.74) is 8.35. The molecule has 192 valence electrons. The quantitative estimate of drug-likeness (QED) is 0.239. The van der Waals surface area contributed by atoms with Gasteiger partial charge in [-0.2, -0.15) is 4.98 Å². The summed E-state index contributed by atoms with van der Waals surface area (Å²) >= 11 is 0. The lowest BCUT2D eigenvalue weighted by molar-refractivity contribution is -0.0462. The standard InChI is InChI=1S/C18H14O3.C8H12N4O4/c19-16-7-5-13(6-8-16)12-1-3-14(4-2-12)15-9-17(20)11-18(21)10-15;9-7-10-3-12(8(15)11-7)6-1-4(14)5(2-13)16-6/h1-11,19-21H;3-6,13-14H,1-2H2,(H2,9,11,15)/t;4-,5+,6+/m.0/s1. The van der Waals surface area contributed by atoms with E-state index in [-0.39, 0.29) is 36.2 Å². The van der Waals surface area contributed by atoms with Crippen LogP contribution >= 0.6 is 0 Å². The molecule has 1 saturated heterocycles. The lowest BCUT2D eigenvalue weighted by Gasteiger charge is -2.13. The number of aliphatic hydroxyl groups is 2. The van der Waals surface area contributed by atoms with E-state index < -0.39 is 24.1 Å². The normalized spacial score (nSPS) is 18.7. The summed E-state index contributed by atoms with van der Waals surface area (Å²) < 4.78 is 6.41. The molecule has 1 fully saturated rings. The van der Waals surface area contributed by atoms with Crippen molar-refractivity contribution in [2.45, 2.75) is 24.9 Å². The number of benzene rings is 3. The van der Waals surface area contributed by atoms with Crippen molar-refractivity contribution < 1.29 is 30.3 Å². The van der Waals surface area contributed by atoms with Crippen LogP contribution < -0.4 is 11.4 Å². The van der Waals surface area contributed by atoms with Crippen LogP contribution in [0.1, 0.15) is 12.6 Å². The van der Waals surface area contributed by atoms with Crippen LogP contribution in [0.15, 0.2) is 77.9 Å². The van der Waals surface area contributed by atoms with Crippen LogP contribution in [0.25, 0.3) is 22.3 Å². The number of rotatable bonds is 4. The monoisotopic (exact) mass is 506 g/mol. The molecule has 1 aliphatic heterocycles. The number of aliphatic hydroxyl groups excluding tert-OH is 2. The first-order chi connectivity index (χ1) is 17.7. The Hall–Kier alpha value is -4.45. The van der Waals surface area contributed by atoms with Gasteiger partial charge in [-0.05, 0) is 46.5 Å². The number of aromatic nitrogens is 3. The first-order valence-electron chi connectivity index (χ1n) is 11.3. The number of phenols is 3. The highest BCUT2D eigenvalue weighted by Gasteiger charge is 2.35. The summed E-state index contributed by atoms with van der Waals surface area (Å²) in [6.45, 7) is -0.303. The number of phenolic OH excluding ortho intramolecular Hbond substituents is 3. The third-order valence-corrected chi connectivity index (χ3v) is 5.76. The predicted octanol–water partition coefficient (Wildman–Crippen LogP) is 2.00. The molecule has 2 heterocycles. The topological polar surface area (TPSA) is 184 Å². The zero-order valence-corrected chi connectivity index (χ0v) is 19.5. The van der Waals surface area contributed by atoms with Crippen LogP contribution in [0, 0.1) is 0 Å². The lowest BCUT2D eigenvalue weighted by Crippen LogP contribution is -2.28. The van der Waals surface area contributed by atoms with Gasteiger partial charge in [-0.15, -0.1) is 0 Å². The van der Waals surface area contributed by atoms with E-state index in [2.05, 4.69) is 9.97 Å². The van der Waals surface area contributed by atoms with Gasteiger partial charge in [0.15, 0.2) is 0 Å². The number of hydrogen-bond acceptors (Lipinski definition) is 10. The van der Waals surface area contributed by atoms with E-state index >= 15 is 0 Å². The molecule has 7 N–H and O–H groups in total. The molecule has 11 heteroatoms. The molecule has 0 radical (unpaired) electrons. The first-order valence-corrected chi connectivity index (χ1v) is 11.3. The van der Waals surface area contributed by atoms with E-state index in [1.165, 1.54) is 12.4 Å². The number of hydrogen-bond donors (Lipinski definition) is 6. The summed E-state index contributed by atoms with van der Waals surface area (Å²) in [7, 11) is 0. The number of nitrogens with two attached hydrogens (primary N) is 1. The second-order valence-corrected chi connectivity index (χ2v) is 8.38. The fourth-order valence-electron chi connectivity index (χ4n) is 3.87. The molecular weight excluding hydrogens is 480 g/mol. The van der Waals surface area contributed by atoms with Gasteiger partial charge in [0, 0.05) is 12.5 Å². The van der Waals surface area contributed by atoms with E-state index in [0.29, 0.717) is 0 Å². The van der Waals surface area contributed by atoms with Gasteiger partial charge in [0.05, 0.1) is 12.7 Å². The van der Waals surface area contributed by atoms with Crippen LogP contribution in [0.2, 0.25) is 0 Å². The molecule has 4 aromatic rings. The Kier molecular flexibility index (Phi) is 7.68. The Morgan fingerprint density at radius 3 is 1.92 bits per heavy atom. The molecule has 3 atom stereocenters. The largest absolute Gasteiger partial charge is 0.508 e.